The van der Waals surface area contributed by atoms with E-state index in [1.807, 2.05) is 29.0 Å². The molecule has 4 rings (SSSR count). The zero-order chi connectivity index (χ0) is 22.0. The first kappa shape index (κ1) is 21.9. The highest BCUT2D eigenvalue weighted by Crippen LogP contribution is 2.34. The maximum atomic E-state index is 12.6. The Kier molecular flexibility index (Phi) is 6.64. The van der Waals surface area contributed by atoms with E-state index in [9.17, 15) is 14.4 Å². The predicted molar refractivity (Wildman–Crippen MR) is 124 cm³/mol. The topological polar surface area (TPSA) is 80.6 Å². The van der Waals surface area contributed by atoms with Crippen molar-refractivity contribution >= 4 is 61.7 Å². The normalized spacial score (nSPS) is 20.2. The van der Waals surface area contributed by atoms with E-state index in [-0.39, 0.29) is 36.2 Å². The maximum absolute atomic E-state index is 12.6. The number of halogens is 1. The highest BCUT2D eigenvalue weighted by molar-refractivity contribution is 9.10. The van der Waals surface area contributed by atoms with Crippen LogP contribution in [-0.4, -0.2) is 52.3 Å². The molecule has 9 heteroatoms. The fraction of sp³-hybridized carbons (Fsp3) is 0.318. The molecular formula is C22H22BrN3O4S. The third-order valence-corrected chi connectivity index (χ3v) is 6.61. The largest absolute Gasteiger partial charge is 0.376 e. The van der Waals surface area contributed by atoms with Crippen molar-refractivity contribution in [3.8, 4) is 0 Å². The van der Waals surface area contributed by atoms with Gasteiger partial charge in [0.2, 0.25) is 5.91 Å². The van der Waals surface area contributed by atoms with E-state index < -0.39 is 0 Å². The summed E-state index contributed by atoms with van der Waals surface area (Å²) in [7, 11) is 0. The third-order valence-electron chi connectivity index (χ3n) is 5.21. The number of thioether (sulfide) groups is 1. The molecule has 1 aromatic carbocycles. The van der Waals surface area contributed by atoms with E-state index in [0.29, 0.717) is 11.4 Å². The van der Waals surface area contributed by atoms with Crippen LogP contribution in [0.5, 0.6) is 0 Å². The molecule has 0 unspecified atom stereocenters. The predicted octanol–water partition coefficient (Wildman–Crippen LogP) is 3.92. The number of hydrogen-bond donors (Lipinski definition) is 1. The smallest absolute Gasteiger partial charge is 0.293 e. The zero-order valence-corrected chi connectivity index (χ0v) is 19.2. The molecule has 0 aliphatic carbocycles. The molecule has 2 aromatic rings. The second kappa shape index (κ2) is 9.42. The summed E-state index contributed by atoms with van der Waals surface area (Å²) in [4.78, 5) is 38.7. The summed E-state index contributed by atoms with van der Waals surface area (Å²) in [5, 5.41) is 3.51. The van der Waals surface area contributed by atoms with Crippen LogP contribution in [0.1, 0.15) is 18.4 Å². The second-order valence-electron chi connectivity index (χ2n) is 7.39. The minimum absolute atomic E-state index is 0.0862. The SMILES string of the molecule is C=CCN1C(=O)S/C(=C\c2cn(CC(=O)NC[C@H]3CCCO3)c3ccc(Br)cc23)C1=O. The molecule has 2 aliphatic rings. The summed E-state index contributed by atoms with van der Waals surface area (Å²) in [6.07, 6.45) is 7.15. The van der Waals surface area contributed by atoms with Crippen molar-refractivity contribution in [1.82, 2.24) is 14.8 Å². The van der Waals surface area contributed by atoms with E-state index in [1.165, 1.54) is 6.08 Å². The molecule has 1 N–H and O–H groups in total. The maximum Gasteiger partial charge on any atom is 0.293 e. The second-order valence-corrected chi connectivity index (χ2v) is 9.30. The monoisotopic (exact) mass is 503 g/mol. The Balaban J connectivity index is 1.59. The van der Waals surface area contributed by atoms with Crippen LogP contribution in [0, 0.1) is 0 Å². The average molecular weight is 504 g/mol. The Morgan fingerprint density at radius 3 is 2.97 bits per heavy atom. The lowest BCUT2D eigenvalue weighted by molar-refractivity contribution is -0.123. The number of nitrogens with zero attached hydrogens (tertiary/aromatic N) is 2. The number of fused-ring (bicyclic) bond motifs is 1. The number of amides is 3. The zero-order valence-electron chi connectivity index (χ0n) is 16.8. The summed E-state index contributed by atoms with van der Waals surface area (Å²) < 4.78 is 8.29. The number of ether oxygens (including phenoxy) is 1. The molecule has 31 heavy (non-hydrogen) atoms. The van der Waals surface area contributed by atoms with Crippen molar-refractivity contribution in [3.63, 3.8) is 0 Å². The van der Waals surface area contributed by atoms with Gasteiger partial charge >= 0.3 is 0 Å². The summed E-state index contributed by atoms with van der Waals surface area (Å²) >= 11 is 4.40. The molecule has 1 aromatic heterocycles. The van der Waals surface area contributed by atoms with Crippen LogP contribution < -0.4 is 5.32 Å². The Bertz CT molecular complexity index is 1090. The Hall–Kier alpha value is -2.36. The number of benzene rings is 1. The Morgan fingerprint density at radius 1 is 1.39 bits per heavy atom. The lowest BCUT2D eigenvalue weighted by atomic mass is 10.1. The van der Waals surface area contributed by atoms with E-state index >= 15 is 0 Å². The molecule has 7 nitrogen and oxygen atoms in total. The van der Waals surface area contributed by atoms with Gasteiger partial charge in [0, 0.05) is 46.8 Å². The van der Waals surface area contributed by atoms with Crippen LogP contribution in [0.25, 0.3) is 17.0 Å². The third kappa shape index (κ3) is 4.78. The summed E-state index contributed by atoms with van der Waals surface area (Å²) in [5.74, 6) is -0.437. The number of carbonyl (C=O) groups excluding carboxylic acids is 3. The molecule has 3 heterocycles. The highest BCUT2D eigenvalue weighted by Gasteiger charge is 2.34. The number of rotatable bonds is 7. The van der Waals surface area contributed by atoms with Crippen LogP contribution in [0.3, 0.4) is 0 Å². The fourth-order valence-corrected chi connectivity index (χ4v) is 4.91. The number of imide groups is 1. The van der Waals surface area contributed by atoms with Crippen molar-refractivity contribution in [2.75, 3.05) is 19.7 Å². The van der Waals surface area contributed by atoms with Crippen LogP contribution in [0.2, 0.25) is 0 Å². The van der Waals surface area contributed by atoms with Crippen molar-refractivity contribution in [2.24, 2.45) is 0 Å². The first-order valence-corrected chi connectivity index (χ1v) is 11.6. The number of nitrogens with one attached hydrogen (secondary N) is 1. The van der Waals surface area contributed by atoms with Crippen molar-refractivity contribution in [2.45, 2.75) is 25.5 Å². The first-order valence-electron chi connectivity index (χ1n) is 9.99. The standard InChI is InChI=1S/C22H22BrN3O4S/c1-2-7-26-21(28)19(31-22(26)29)9-14-12-25(18-6-5-15(23)10-17(14)18)13-20(27)24-11-16-4-3-8-30-16/h2,5-6,9-10,12,16H,1,3-4,7-8,11,13H2,(H,24,27)/b19-9-/t16-/m1/s1. The minimum atomic E-state index is -0.333. The molecular weight excluding hydrogens is 482 g/mol. The van der Waals surface area contributed by atoms with Crippen molar-refractivity contribution in [3.05, 3.63) is 52.0 Å². The van der Waals surface area contributed by atoms with Crippen molar-refractivity contribution < 1.29 is 19.1 Å². The molecule has 0 bridgehead atoms. The van der Waals surface area contributed by atoms with Gasteiger partial charge in [-0.2, -0.15) is 0 Å². The van der Waals surface area contributed by atoms with Gasteiger partial charge in [-0.3, -0.25) is 19.3 Å². The van der Waals surface area contributed by atoms with E-state index in [4.69, 9.17) is 4.74 Å². The van der Waals surface area contributed by atoms with Crippen LogP contribution in [0.4, 0.5) is 4.79 Å². The Morgan fingerprint density at radius 2 is 2.23 bits per heavy atom. The lowest BCUT2D eigenvalue weighted by Crippen LogP contribution is -2.34. The van der Waals surface area contributed by atoms with Gasteiger partial charge in [-0.1, -0.05) is 22.0 Å². The molecule has 0 saturated carbocycles. The summed E-state index contributed by atoms with van der Waals surface area (Å²) in [6.45, 7) is 5.18. The van der Waals surface area contributed by atoms with Gasteiger partial charge in [-0.15, -0.1) is 6.58 Å². The lowest BCUT2D eigenvalue weighted by Gasteiger charge is -2.11. The molecule has 2 saturated heterocycles. The van der Waals surface area contributed by atoms with Gasteiger partial charge in [0.05, 0.1) is 11.0 Å². The molecule has 0 radical (unpaired) electrons. The fourth-order valence-electron chi connectivity index (χ4n) is 3.71. The molecule has 162 valence electrons. The minimum Gasteiger partial charge on any atom is -0.376 e. The highest BCUT2D eigenvalue weighted by atomic mass is 79.9. The van der Waals surface area contributed by atoms with Gasteiger partial charge in [0.15, 0.2) is 0 Å². The van der Waals surface area contributed by atoms with Crippen LogP contribution in [-0.2, 0) is 20.9 Å². The Labute approximate surface area is 192 Å². The summed E-state index contributed by atoms with van der Waals surface area (Å²) in [6, 6.07) is 5.77. The molecule has 3 amide bonds. The van der Waals surface area contributed by atoms with Crippen LogP contribution >= 0.6 is 27.7 Å². The van der Waals surface area contributed by atoms with Gasteiger partial charge < -0.3 is 14.6 Å². The number of hydrogen-bond acceptors (Lipinski definition) is 5. The first-order chi connectivity index (χ1) is 15.0. The van der Waals surface area contributed by atoms with Crippen LogP contribution in [0.15, 0.2) is 46.4 Å². The number of aromatic nitrogens is 1. The molecule has 0 spiro atoms. The van der Waals surface area contributed by atoms with Gasteiger partial charge in [0.25, 0.3) is 11.1 Å². The van der Waals surface area contributed by atoms with E-state index in [1.54, 1.807) is 6.08 Å². The van der Waals surface area contributed by atoms with Gasteiger partial charge in [-0.05, 0) is 48.9 Å². The average Bonchev–Trinajstić information content (AvgIpc) is 3.43. The quantitative estimate of drug-likeness (QED) is 0.457. The summed E-state index contributed by atoms with van der Waals surface area (Å²) in [5.41, 5.74) is 1.64. The molecule has 1 atom stereocenters. The van der Waals surface area contributed by atoms with Gasteiger partial charge in [0.1, 0.15) is 6.54 Å². The van der Waals surface area contributed by atoms with Crippen molar-refractivity contribution in [1.29, 1.82) is 0 Å². The number of carbonyl (C=O) groups is 3. The molecule has 2 fully saturated rings. The van der Waals surface area contributed by atoms with Gasteiger partial charge in [-0.25, -0.2) is 0 Å². The molecule has 2 aliphatic heterocycles. The van der Waals surface area contributed by atoms with E-state index in [0.717, 1.165) is 57.0 Å². The van der Waals surface area contributed by atoms with E-state index in [2.05, 4.69) is 27.8 Å².